The van der Waals surface area contributed by atoms with Crippen LogP contribution in [-0.2, 0) is 14.9 Å². The second kappa shape index (κ2) is 4.78. The number of allylic oxidation sites excluding steroid dienone is 2. The lowest BCUT2D eigenvalue weighted by molar-refractivity contribution is -0.138. The number of benzene rings is 1. The highest BCUT2D eigenvalue weighted by Gasteiger charge is 2.49. The van der Waals surface area contributed by atoms with Crippen molar-refractivity contribution in [3.63, 3.8) is 0 Å². The highest BCUT2D eigenvalue weighted by atomic mass is 16.6. The molecular weight excluding hydrogens is 294 g/mol. The van der Waals surface area contributed by atoms with Gasteiger partial charge < -0.3 is 19.9 Å². The monoisotopic (exact) mass is 315 g/mol. The van der Waals surface area contributed by atoms with E-state index in [1.54, 1.807) is 13.0 Å². The molecule has 0 bridgehead atoms. The molecule has 0 aliphatic carbocycles. The molecule has 5 nitrogen and oxygen atoms in total. The Kier molecular flexibility index (Phi) is 3.21. The van der Waals surface area contributed by atoms with Crippen LogP contribution in [0.4, 0.5) is 5.69 Å². The number of hydrogen-bond donors (Lipinski definition) is 2. The molecule has 5 heteroatoms. The van der Waals surface area contributed by atoms with E-state index in [0.29, 0.717) is 11.5 Å². The predicted molar refractivity (Wildman–Crippen MR) is 87.3 cm³/mol. The first kappa shape index (κ1) is 15.5. The molecule has 3 rings (SSSR count). The maximum atomic E-state index is 12.2. The standard InChI is InChI=1S/C18H21NO4/c1-10-9-18(15(11(2)20)16(21)22-10)19-13-8-12(17(3,4)5)6-7-14(13)23-18/h6-9,19-20H,1-5H3/t18-/m0/s1. The zero-order valence-electron chi connectivity index (χ0n) is 14.0. The second-order valence-corrected chi connectivity index (χ2v) is 7.03. The fourth-order valence-corrected chi connectivity index (χ4v) is 2.91. The minimum atomic E-state index is -1.23. The second-order valence-electron chi connectivity index (χ2n) is 7.03. The van der Waals surface area contributed by atoms with Crippen LogP contribution in [0.2, 0.25) is 0 Å². The maximum Gasteiger partial charge on any atom is 0.349 e. The normalized spacial score (nSPS) is 25.3. The van der Waals surface area contributed by atoms with Gasteiger partial charge in [-0.15, -0.1) is 0 Å². The molecule has 2 aliphatic rings. The molecule has 0 fully saturated rings. The van der Waals surface area contributed by atoms with E-state index < -0.39 is 11.7 Å². The van der Waals surface area contributed by atoms with Crippen molar-refractivity contribution in [2.24, 2.45) is 0 Å². The number of fused-ring (bicyclic) bond motifs is 1. The van der Waals surface area contributed by atoms with Crippen molar-refractivity contribution in [1.82, 2.24) is 0 Å². The molecule has 2 N–H and O–H groups in total. The summed E-state index contributed by atoms with van der Waals surface area (Å²) in [6.07, 6.45) is 1.67. The number of nitrogens with one attached hydrogen (secondary N) is 1. The summed E-state index contributed by atoms with van der Waals surface area (Å²) in [5.41, 5.74) is 0.771. The Bertz CT molecular complexity index is 751. The van der Waals surface area contributed by atoms with Gasteiger partial charge in [0.05, 0.1) is 5.69 Å². The van der Waals surface area contributed by atoms with E-state index in [1.165, 1.54) is 6.92 Å². The first-order chi connectivity index (χ1) is 10.6. The first-order valence-electron chi connectivity index (χ1n) is 7.56. The Morgan fingerprint density at radius 2 is 2.00 bits per heavy atom. The molecule has 122 valence electrons. The van der Waals surface area contributed by atoms with Gasteiger partial charge >= 0.3 is 5.97 Å². The van der Waals surface area contributed by atoms with Crippen molar-refractivity contribution in [2.45, 2.75) is 45.8 Å². The van der Waals surface area contributed by atoms with Crippen LogP contribution in [0.15, 0.2) is 41.4 Å². The van der Waals surface area contributed by atoms with Gasteiger partial charge in [0.1, 0.15) is 22.8 Å². The molecule has 2 aliphatic heterocycles. The van der Waals surface area contributed by atoms with Gasteiger partial charge in [-0.05, 0) is 37.0 Å². The molecular formula is C18H21NO4. The third-order valence-electron chi connectivity index (χ3n) is 4.03. The highest BCUT2D eigenvalue weighted by Crippen LogP contribution is 2.45. The number of anilines is 1. The van der Waals surface area contributed by atoms with Gasteiger partial charge in [0, 0.05) is 6.08 Å². The molecule has 2 heterocycles. The number of ether oxygens (including phenoxy) is 2. The van der Waals surface area contributed by atoms with Crippen LogP contribution in [-0.4, -0.2) is 16.8 Å². The Morgan fingerprint density at radius 3 is 2.61 bits per heavy atom. The Balaban J connectivity index is 2.10. The lowest BCUT2D eigenvalue weighted by Gasteiger charge is -2.31. The van der Waals surface area contributed by atoms with Crippen molar-refractivity contribution in [3.8, 4) is 5.75 Å². The minimum absolute atomic E-state index is 0.00468. The third-order valence-corrected chi connectivity index (χ3v) is 4.03. The molecule has 0 amide bonds. The molecule has 0 unspecified atom stereocenters. The Hall–Kier alpha value is -2.43. The van der Waals surface area contributed by atoms with Crippen molar-refractivity contribution >= 4 is 11.7 Å². The van der Waals surface area contributed by atoms with E-state index in [0.717, 1.165) is 11.3 Å². The number of aliphatic hydroxyl groups excluding tert-OH is 1. The smallest absolute Gasteiger partial charge is 0.349 e. The summed E-state index contributed by atoms with van der Waals surface area (Å²) < 4.78 is 11.1. The van der Waals surface area contributed by atoms with Crippen molar-refractivity contribution in [2.75, 3.05) is 5.32 Å². The number of rotatable bonds is 0. The molecule has 0 radical (unpaired) electrons. The van der Waals surface area contributed by atoms with Gasteiger partial charge in [-0.1, -0.05) is 26.8 Å². The highest BCUT2D eigenvalue weighted by molar-refractivity contribution is 5.95. The maximum absolute atomic E-state index is 12.2. The van der Waals surface area contributed by atoms with E-state index in [1.807, 2.05) is 18.2 Å². The number of aliphatic hydroxyl groups is 1. The van der Waals surface area contributed by atoms with Crippen LogP contribution < -0.4 is 10.1 Å². The van der Waals surface area contributed by atoms with E-state index in [2.05, 4.69) is 26.1 Å². The van der Waals surface area contributed by atoms with Crippen LogP contribution in [0.25, 0.3) is 0 Å². The molecule has 1 aromatic rings. The number of cyclic esters (lactones) is 1. The van der Waals surface area contributed by atoms with Crippen molar-refractivity contribution < 1.29 is 19.4 Å². The van der Waals surface area contributed by atoms with Gasteiger partial charge in [-0.3, -0.25) is 0 Å². The van der Waals surface area contributed by atoms with Gasteiger partial charge in [0.15, 0.2) is 0 Å². The van der Waals surface area contributed by atoms with Gasteiger partial charge in [0.25, 0.3) is 0 Å². The quantitative estimate of drug-likeness (QED) is 0.433. The fraction of sp³-hybridized carbons (Fsp3) is 0.389. The third kappa shape index (κ3) is 2.46. The summed E-state index contributed by atoms with van der Waals surface area (Å²) in [6.45, 7) is 9.52. The summed E-state index contributed by atoms with van der Waals surface area (Å²) in [7, 11) is 0. The molecule has 1 atom stereocenters. The van der Waals surface area contributed by atoms with Gasteiger partial charge in [0.2, 0.25) is 5.72 Å². The van der Waals surface area contributed by atoms with Crippen LogP contribution >= 0.6 is 0 Å². The van der Waals surface area contributed by atoms with E-state index in [4.69, 9.17) is 9.47 Å². The van der Waals surface area contributed by atoms with Gasteiger partial charge in [-0.2, -0.15) is 0 Å². The number of carbonyl (C=O) groups is 1. The van der Waals surface area contributed by atoms with Crippen molar-refractivity contribution in [1.29, 1.82) is 0 Å². The molecule has 23 heavy (non-hydrogen) atoms. The van der Waals surface area contributed by atoms with E-state index >= 15 is 0 Å². The van der Waals surface area contributed by atoms with Crippen LogP contribution in [0, 0.1) is 0 Å². The molecule has 0 aromatic heterocycles. The topological polar surface area (TPSA) is 67.8 Å². The largest absolute Gasteiger partial charge is 0.512 e. The minimum Gasteiger partial charge on any atom is -0.512 e. The Labute approximate surface area is 135 Å². The zero-order valence-corrected chi connectivity index (χ0v) is 14.0. The van der Waals surface area contributed by atoms with Crippen LogP contribution in [0.1, 0.15) is 40.2 Å². The predicted octanol–water partition coefficient (Wildman–Crippen LogP) is 3.78. The first-order valence-corrected chi connectivity index (χ1v) is 7.56. The van der Waals surface area contributed by atoms with Crippen LogP contribution in [0.5, 0.6) is 5.75 Å². The average molecular weight is 315 g/mol. The SMILES string of the molecule is CC1=C[C@@]2(Nc3cc(C(C)(C)C)ccc3O2)C(=C(C)O)C(=O)O1. The summed E-state index contributed by atoms with van der Waals surface area (Å²) >= 11 is 0. The molecule has 1 spiro atoms. The summed E-state index contributed by atoms with van der Waals surface area (Å²) in [6, 6.07) is 5.90. The molecule has 0 saturated carbocycles. The van der Waals surface area contributed by atoms with Crippen molar-refractivity contribution in [3.05, 3.63) is 46.9 Å². The Morgan fingerprint density at radius 1 is 1.30 bits per heavy atom. The number of carbonyl (C=O) groups excluding carboxylic acids is 1. The zero-order chi connectivity index (χ0) is 17.0. The summed E-state index contributed by atoms with van der Waals surface area (Å²) in [4.78, 5) is 12.2. The fourth-order valence-electron chi connectivity index (χ4n) is 2.91. The van der Waals surface area contributed by atoms with Gasteiger partial charge in [-0.25, -0.2) is 4.79 Å². The van der Waals surface area contributed by atoms with E-state index in [9.17, 15) is 9.90 Å². The number of hydrogen-bond acceptors (Lipinski definition) is 5. The average Bonchev–Trinajstić information content (AvgIpc) is 2.72. The molecule has 1 aromatic carbocycles. The van der Waals surface area contributed by atoms with E-state index in [-0.39, 0.29) is 16.7 Å². The lowest BCUT2D eigenvalue weighted by Crippen LogP contribution is -2.47. The van der Waals surface area contributed by atoms with Crippen LogP contribution in [0.3, 0.4) is 0 Å². The summed E-state index contributed by atoms with van der Waals surface area (Å²) in [5.74, 6) is 0.323. The summed E-state index contributed by atoms with van der Waals surface area (Å²) in [5, 5.41) is 13.2. The lowest BCUT2D eigenvalue weighted by atomic mass is 9.87. The number of esters is 1. The molecule has 0 saturated heterocycles.